The van der Waals surface area contributed by atoms with Crippen LogP contribution in [0.2, 0.25) is 0 Å². The van der Waals surface area contributed by atoms with Gasteiger partial charge in [0.2, 0.25) is 6.10 Å². The van der Waals surface area contributed by atoms with Crippen molar-refractivity contribution in [3.63, 3.8) is 0 Å². The smallest absolute Gasteiger partial charge is 0.341 e. The molecule has 1 aromatic heterocycles. The Morgan fingerprint density at radius 1 is 1.00 bits per heavy atom. The van der Waals surface area contributed by atoms with E-state index < -0.39 is 23.9 Å². The monoisotopic (exact) mass is 423 g/mol. The Bertz CT molecular complexity index is 1030. The summed E-state index contributed by atoms with van der Waals surface area (Å²) in [6, 6.07) is 18.1. The highest BCUT2D eigenvalue weighted by atomic mass is 32.1. The van der Waals surface area contributed by atoms with E-state index in [4.69, 9.17) is 9.47 Å². The van der Waals surface area contributed by atoms with Gasteiger partial charge in [-0.15, -0.1) is 11.3 Å². The van der Waals surface area contributed by atoms with E-state index >= 15 is 0 Å². The zero-order chi connectivity index (χ0) is 21.5. The van der Waals surface area contributed by atoms with Crippen LogP contribution < -0.4 is 5.32 Å². The molecule has 6 nitrogen and oxygen atoms in total. The number of hydrogen-bond donors (Lipinski definition) is 1. The predicted octanol–water partition coefficient (Wildman–Crippen LogP) is 4.83. The number of anilines is 1. The largest absolute Gasteiger partial charge is 0.462 e. The molecule has 2 aromatic carbocycles. The minimum atomic E-state index is -1.14. The Labute approximate surface area is 178 Å². The lowest BCUT2D eigenvalue weighted by atomic mass is 10.0. The Morgan fingerprint density at radius 2 is 1.63 bits per heavy atom. The lowest BCUT2D eigenvalue weighted by Crippen LogP contribution is -2.25. The van der Waals surface area contributed by atoms with Crippen LogP contribution in [-0.2, 0) is 19.1 Å². The van der Waals surface area contributed by atoms with Crippen molar-refractivity contribution < 1.29 is 23.9 Å². The van der Waals surface area contributed by atoms with E-state index in [1.807, 2.05) is 30.3 Å². The van der Waals surface area contributed by atoms with Gasteiger partial charge in [-0.25, -0.2) is 4.79 Å². The number of amides is 1. The molecule has 3 aromatic rings. The Balaban J connectivity index is 1.96. The lowest BCUT2D eigenvalue weighted by Gasteiger charge is -2.17. The highest BCUT2D eigenvalue weighted by Crippen LogP contribution is 2.37. The molecule has 0 saturated carbocycles. The third-order valence-electron chi connectivity index (χ3n) is 4.22. The molecule has 7 heteroatoms. The van der Waals surface area contributed by atoms with E-state index in [0.717, 1.165) is 5.56 Å². The SMILES string of the molecule is CCOC(=O)c1c(-c2ccccc2)csc1NC(=O)C(OC(C)=O)c1ccccc1. The number of rotatable bonds is 7. The van der Waals surface area contributed by atoms with E-state index in [1.54, 1.807) is 42.6 Å². The molecule has 0 fully saturated rings. The maximum atomic E-state index is 13.0. The summed E-state index contributed by atoms with van der Waals surface area (Å²) in [4.78, 5) is 37.2. The second-order valence-corrected chi connectivity index (χ2v) is 7.21. The van der Waals surface area contributed by atoms with E-state index in [0.29, 0.717) is 16.1 Å². The van der Waals surface area contributed by atoms with Gasteiger partial charge in [0.15, 0.2) is 0 Å². The number of carbonyl (C=O) groups is 3. The van der Waals surface area contributed by atoms with Crippen molar-refractivity contribution in [1.29, 1.82) is 0 Å². The quantitative estimate of drug-likeness (QED) is 0.550. The van der Waals surface area contributed by atoms with Gasteiger partial charge in [-0.3, -0.25) is 9.59 Å². The van der Waals surface area contributed by atoms with E-state index in [1.165, 1.54) is 18.3 Å². The number of thiophene rings is 1. The molecule has 0 aliphatic rings. The molecule has 1 heterocycles. The summed E-state index contributed by atoms with van der Waals surface area (Å²) in [5, 5.41) is 4.88. The molecule has 0 bridgehead atoms. The topological polar surface area (TPSA) is 81.7 Å². The lowest BCUT2D eigenvalue weighted by molar-refractivity contribution is -0.152. The van der Waals surface area contributed by atoms with Gasteiger partial charge in [-0.2, -0.15) is 0 Å². The zero-order valence-electron chi connectivity index (χ0n) is 16.6. The van der Waals surface area contributed by atoms with Gasteiger partial charge < -0.3 is 14.8 Å². The van der Waals surface area contributed by atoms with Gasteiger partial charge in [0.05, 0.1) is 6.61 Å². The first-order valence-corrected chi connectivity index (χ1v) is 10.3. The Morgan fingerprint density at radius 3 is 2.23 bits per heavy atom. The standard InChI is InChI=1S/C23H21NO5S/c1-3-28-23(27)19-18(16-10-6-4-7-11-16)14-30-22(19)24-21(26)20(29-15(2)25)17-12-8-5-9-13-17/h4-14,20H,3H2,1-2H3,(H,24,26). The molecule has 1 amide bonds. The molecule has 0 saturated heterocycles. The number of hydrogen-bond acceptors (Lipinski definition) is 6. The van der Waals surface area contributed by atoms with Gasteiger partial charge in [-0.05, 0) is 12.5 Å². The first-order valence-electron chi connectivity index (χ1n) is 9.38. The highest BCUT2D eigenvalue weighted by molar-refractivity contribution is 7.15. The second kappa shape index (κ2) is 9.84. The van der Waals surface area contributed by atoms with Crippen LogP contribution in [0, 0.1) is 0 Å². The molecule has 30 heavy (non-hydrogen) atoms. The first-order chi connectivity index (χ1) is 14.5. The van der Waals surface area contributed by atoms with Crippen LogP contribution in [0.4, 0.5) is 5.00 Å². The Hall–Kier alpha value is -3.45. The third kappa shape index (κ3) is 4.93. The average Bonchev–Trinajstić information content (AvgIpc) is 3.17. The van der Waals surface area contributed by atoms with E-state index in [2.05, 4.69) is 5.32 Å². The number of carbonyl (C=O) groups excluding carboxylic acids is 3. The van der Waals surface area contributed by atoms with Gasteiger partial charge in [0, 0.05) is 23.4 Å². The number of ether oxygens (including phenoxy) is 2. The number of nitrogens with one attached hydrogen (secondary N) is 1. The zero-order valence-corrected chi connectivity index (χ0v) is 17.4. The second-order valence-electron chi connectivity index (χ2n) is 6.33. The summed E-state index contributed by atoms with van der Waals surface area (Å²) < 4.78 is 10.5. The Kier molecular flexibility index (Phi) is 6.98. The minimum absolute atomic E-state index is 0.205. The van der Waals surface area contributed by atoms with Gasteiger partial charge in [-0.1, -0.05) is 60.7 Å². The van der Waals surface area contributed by atoms with Crippen molar-refractivity contribution >= 4 is 34.2 Å². The number of esters is 2. The summed E-state index contributed by atoms with van der Waals surface area (Å²) >= 11 is 1.21. The predicted molar refractivity (Wildman–Crippen MR) is 115 cm³/mol. The molecule has 0 aliphatic heterocycles. The van der Waals surface area contributed by atoms with Crippen LogP contribution in [0.15, 0.2) is 66.0 Å². The fourth-order valence-corrected chi connectivity index (χ4v) is 3.89. The third-order valence-corrected chi connectivity index (χ3v) is 5.11. The fourth-order valence-electron chi connectivity index (χ4n) is 2.93. The van der Waals surface area contributed by atoms with Crippen molar-refractivity contribution in [3.8, 4) is 11.1 Å². The summed E-state index contributed by atoms with van der Waals surface area (Å²) in [7, 11) is 0. The maximum absolute atomic E-state index is 13.0. The summed E-state index contributed by atoms with van der Waals surface area (Å²) in [5.41, 5.74) is 2.30. The summed E-state index contributed by atoms with van der Waals surface area (Å²) in [6.45, 7) is 3.17. The van der Waals surface area contributed by atoms with Crippen LogP contribution >= 0.6 is 11.3 Å². The molecule has 0 radical (unpaired) electrons. The van der Waals surface area contributed by atoms with Crippen LogP contribution in [0.25, 0.3) is 11.1 Å². The normalized spacial score (nSPS) is 11.4. The molecule has 0 aliphatic carbocycles. The molecule has 0 spiro atoms. The summed E-state index contributed by atoms with van der Waals surface area (Å²) in [5.74, 6) is -1.67. The molecule has 1 unspecified atom stereocenters. The average molecular weight is 423 g/mol. The molecule has 154 valence electrons. The van der Waals surface area contributed by atoms with E-state index in [-0.39, 0.29) is 12.2 Å². The van der Waals surface area contributed by atoms with Crippen molar-refractivity contribution in [2.45, 2.75) is 20.0 Å². The van der Waals surface area contributed by atoms with Gasteiger partial charge >= 0.3 is 11.9 Å². The maximum Gasteiger partial charge on any atom is 0.341 e. The minimum Gasteiger partial charge on any atom is -0.462 e. The fraction of sp³-hybridized carbons (Fsp3) is 0.174. The van der Waals surface area contributed by atoms with Gasteiger partial charge in [0.1, 0.15) is 10.6 Å². The molecular formula is C23H21NO5S. The highest BCUT2D eigenvalue weighted by Gasteiger charge is 2.28. The molecule has 3 rings (SSSR count). The van der Waals surface area contributed by atoms with Crippen LogP contribution in [0.3, 0.4) is 0 Å². The van der Waals surface area contributed by atoms with Gasteiger partial charge in [0.25, 0.3) is 5.91 Å². The summed E-state index contributed by atoms with van der Waals surface area (Å²) in [6.07, 6.45) is -1.14. The molecule has 1 N–H and O–H groups in total. The molecule has 1 atom stereocenters. The van der Waals surface area contributed by atoms with Crippen LogP contribution in [-0.4, -0.2) is 24.5 Å². The van der Waals surface area contributed by atoms with Crippen LogP contribution in [0.5, 0.6) is 0 Å². The number of benzene rings is 2. The molecular weight excluding hydrogens is 402 g/mol. The van der Waals surface area contributed by atoms with Crippen molar-refractivity contribution in [2.24, 2.45) is 0 Å². The van der Waals surface area contributed by atoms with Crippen molar-refractivity contribution in [1.82, 2.24) is 0 Å². The van der Waals surface area contributed by atoms with E-state index in [9.17, 15) is 14.4 Å². The van der Waals surface area contributed by atoms with Crippen LogP contribution in [0.1, 0.15) is 35.9 Å². The first kappa shape index (κ1) is 21.3. The van der Waals surface area contributed by atoms with Crippen molar-refractivity contribution in [3.05, 3.63) is 77.2 Å². The van der Waals surface area contributed by atoms with Crippen molar-refractivity contribution in [2.75, 3.05) is 11.9 Å².